The van der Waals surface area contributed by atoms with Gasteiger partial charge in [0.05, 0.1) is 6.54 Å². The molecule has 2 saturated heterocycles. The standard InChI is InChI=1S/C24H40N4O2S.HI/c1-5-25-23(28-12-16-31-24(2,3)19-28)26-18-20-7-6-8-22(17-20)30-15-11-27(4)21-9-13-29-14-10-21;/h6-8,17,21H,5,9-16,18-19H2,1-4H3,(H,25,26);1H. The molecule has 0 spiro atoms. The van der Waals surface area contributed by atoms with E-state index in [-0.39, 0.29) is 28.7 Å². The Balaban J connectivity index is 0.00000363. The van der Waals surface area contributed by atoms with Crippen LogP contribution in [0.15, 0.2) is 29.3 Å². The number of aliphatic imine (C=N–C) groups is 1. The summed E-state index contributed by atoms with van der Waals surface area (Å²) < 4.78 is 11.8. The highest BCUT2D eigenvalue weighted by molar-refractivity contribution is 14.0. The largest absolute Gasteiger partial charge is 0.492 e. The molecule has 1 aromatic rings. The fraction of sp³-hybridized carbons (Fsp3) is 0.708. The number of nitrogens with one attached hydrogen (secondary N) is 1. The summed E-state index contributed by atoms with van der Waals surface area (Å²) in [6, 6.07) is 8.97. The van der Waals surface area contributed by atoms with Gasteiger partial charge in [-0.25, -0.2) is 4.99 Å². The van der Waals surface area contributed by atoms with Gasteiger partial charge in [-0.05, 0) is 58.4 Å². The average molecular weight is 577 g/mol. The van der Waals surface area contributed by atoms with Gasteiger partial charge < -0.3 is 19.7 Å². The van der Waals surface area contributed by atoms with Crippen LogP contribution >= 0.6 is 35.7 Å². The summed E-state index contributed by atoms with van der Waals surface area (Å²) >= 11 is 2.04. The third-order valence-corrected chi connectivity index (χ3v) is 7.19. The van der Waals surface area contributed by atoms with Crippen molar-refractivity contribution >= 4 is 41.7 Å². The van der Waals surface area contributed by atoms with Crippen LogP contribution in [0.5, 0.6) is 5.75 Å². The number of hydrogen-bond acceptors (Lipinski definition) is 5. The van der Waals surface area contributed by atoms with Crippen LogP contribution in [-0.4, -0.2) is 85.3 Å². The highest BCUT2D eigenvalue weighted by Crippen LogP contribution is 2.29. The minimum atomic E-state index is 0. The molecule has 6 nitrogen and oxygen atoms in total. The lowest BCUT2D eigenvalue weighted by atomic mass is 10.1. The van der Waals surface area contributed by atoms with Gasteiger partial charge in [0.1, 0.15) is 12.4 Å². The maximum atomic E-state index is 6.06. The molecule has 0 aromatic heterocycles. The molecule has 1 aromatic carbocycles. The normalized spacial score (nSPS) is 19.5. The second-order valence-electron chi connectivity index (χ2n) is 9.02. The number of nitrogens with zero attached hydrogens (tertiary/aromatic N) is 3. The monoisotopic (exact) mass is 576 g/mol. The van der Waals surface area contributed by atoms with E-state index in [1.165, 1.54) is 5.56 Å². The minimum Gasteiger partial charge on any atom is -0.492 e. The first-order valence-corrected chi connectivity index (χ1v) is 12.6. The Morgan fingerprint density at radius 3 is 2.84 bits per heavy atom. The summed E-state index contributed by atoms with van der Waals surface area (Å²) in [4.78, 5) is 9.73. The van der Waals surface area contributed by atoms with E-state index in [1.807, 2.05) is 17.8 Å². The molecule has 2 heterocycles. The Morgan fingerprint density at radius 1 is 1.34 bits per heavy atom. The third kappa shape index (κ3) is 8.91. The van der Waals surface area contributed by atoms with Gasteiger partial charge in [0, 0.05) is 55.9 Å². The quantitative estimate of drug-likeness (QED) is 0.286. The van der Waals surface area contributed by atoms with Crippen molar-refractivity contribution in [3.05, 3.63) is 29.8 Å². The van der Waals surface area contributed by atoms with Gasteiger partial charge in [0.25, 0.3) is 0 Å². The molecule has 0 atom stereocenters. The molecule has 1 N–H and O–H groups in total. The van der Waals surface area contributed by atoms with Gasteiger partial charge in [-0.1, -0.05) is 12.1 Å². The summed E-state index contributed by atoms with van der Waals surface area (Å²) in [6.07, 6.45) is 2.23. The molecule has 2 aliphatic rings. The lowest BCUT2D eigenvalue weighted by Gasteiger charge is -2.39. The smallest absolute Gasteiger partial charge is 0.194 e. The zero-order valence-electron chi connectivity index (χ0n) is 20.1. The van der Waals surface area contributed by atoms with Crippen LogP contribution in [0, 0.1) is 0 Å². The number of ether oxygens (including phenoxy) is 2. The first-order chi connectivity index (χ1) is 15.0. The summed E-state index contributed by atoms with van der Waals surface area (Å²) in [7, 11) is 2.19. The molecule has 0 amide bonds. The Kier molecular flexibility index (Phi) is 11.9. The first kappa shape index (κ1) is 27.5. The Hall–Kier alpha value is -0.710. The van der Waals surface area contributed by atoms with Crippen LogP contribution < -0.4 is 10.1 Å². The lowest BCUT2D eigenvalue weighted by molar-refractivity contribution is 0.0392. The van der Waals surface area contributed by atoms with E-state index in [9.17, 15) is 0 Å². The zero-order chi connectivity index (χ0) is 22.1. The van der Waals surface area contributed by atoms with Crippen molar-refractivity contribution in [1.82, 2.24) is 15.1 Å². The number of hydrogen-bond donors (Lipinski definition) is 1. The van der Waals surface area contributed by atoms with Crippen molar-refractivity contribution in [1.29, 1.82) is 0 Å². The van der Waals surface area contributed by atoms with Gasteiger partial charge in [-0.15, -0.1) is 24.0 Å². The third-order valence-electron chi connectivity index (χ3n) is 5.90. The Bertz CT molecular complexity index is 713. The van der Waals surface area contributed by atoms with E-state index < -0.39 is 0 Å². The number of guanidine groups is 1. The second kappa shape index (κ2) is 13.9. The van der Waals surface area contributed by atoms with Crippen LogP contribution in [0.25, 0.3) is 0 Å². The topological polar surface area (TPSA) is 49.3 Å². The number of benzene rings is 1. The molecule has 32 heavy (non-hydrogen) atoms. The SMILES string of the molecule is CCNC(=NCc1cccc(OCCN(C)C2CCOCC2)c1)N1CCSC(C)(C)C1.I. The molecule has 0 aliphatic carbocycles. The second-order valence-corrected chi connectivity index (χ2v) is 10.8. The van der Waals surface area contributed by atoms with Crippen LogP contribution in [0.3, 0.4) is 0 Å². The summed E-state index contributed by atoms with van der Waals surface area (Å²) in [5.74, 6) is 3.08. The van der Waals surface area contributed by atoms with Crippen LogP contribution in [0.2, 0.25) is 0 Å². The van der Waals surface area contributed by atoms with Gasteiger partial charge in [0.15, 0.2) is 5.96 Å². The number of thioether (sulfide) groups is 1. The van der Waals surface area contributed by atoms with Gasteiger partial charge in [-0.2, -0.15) is 11.8 Å². The van der Waals surface area contributed by atoms with E-state index in [0.29, 0.717) is 19.2 Å². The highest BCUT2D eigenvalue weighted by Gasteiger charge is 2.28. The molecule has 182 valence electrons. The fourth-order valence-electron chi connectivity index (χ4n) is 4.14. The Labute approximate surface area is 215 Å². The maximum Gasteiger partial charge on any atom is 0.194 e. The van der Waals surface area contributed by atoms with Gasteiger partial charge >= 0.3 is 0 Å². The average Bonchev–Trinajstić information content (AvgIpc) is 2.77. The first-order valence-electron chi connectivity index (χ1n) is 11.6. The van der Waals surface area contributed by atoms with Crippen molar-refractivity contribution in [2.75, 3.05) is 58.8 Å². The number of halogens is 1. The van der Waals surface area contributed by atoms with Crippen LogP contribution in [-0.2, 0) is 11.3 Å². The molecular formula is C24H41IN4O2S. The van der Waals surface area contributed by atoms with Crippen LogP contribution in [0.1, 0.15) is 39.2 Å². The lowest BCUT2D eigenvalue weighted by Crippen LogP contribution is -2.50. The summed E-state index contributed by atoms with van der Waals surface area (Å²) in [5.41, 5.74) is 1.18. The molecule has 2 fully saturated rings. The van der Waals surface area contributed by atoms with E-state index >= 15 is 0 Å². The van der Waals surface area contributed by atoms with Crippen molar-refractivity contribution in [2.24, 2.45) is 4.99 Å². The van der Waals surface area contributed by atoms with E-state index in [4.69, 9.17) is 14.5 Å². The summed E-state index contributed by atoms with van der Waals surface area (Å²) in [5, 5.41) is 3.47. The molecule has 3 rings (SSSR count). The highest BCUT2D eigenvalue weighted by atomic mass is 127. The predicted molar refractivity (Wildman–Crippen MR) is 147 cm³/mol. The molecular weight excluding hydrogens is 535 g/mol. The summed E-state index contributed by atoms with van der Waals surface area (Å²) in [6.45, 7) is 13.7. The van der Waals surface area contributed by atoms with E-state index in [0.717, 1.165) is 69.7 Å². The van der Waals surface area contributed by atoms with Crippen LogP contribution in [0.4, 0.5) is 0 Å². The molecule has 0 saturated carbocycles. The number of rotatable bonds is 8. The van der Waals surface area contributed by atoms with Crippen molar-refractivity contribution in [2.45, 2.75) is 50.9 Å². The molecule has 8 heteroatoms. The van der Waals surface area contributed by atoms with Gasteiger partial charge in [-0.3, -0.25) is 4.90 Å². The van der Waals surface area contributed by atoms with Crippen molar-refractivity contribution in [3.63, 3.8) is 0 Å². The predicted octanol–water partition coefficient (Wildman–Crippen LogP) is 4.09. The molecule has 2 aliphatic heterocycles. The maximum absolute atomic E-state index is 6.06. The molecule has 0 bridgehead atoms. The molecule has 0 radical (unpaired) electrons. The molecule has 0 unspecified atom stereocenters. The fourth-order valence-corrected chi connectivity index (χ4v) is 5.25. The minimum absolute atomic E-state index is 0. The Morgan fingerprint density at radius 2 is 2.12 bits per heavy atom. The zero-order valence-corrected chi connectivity index (χ0v) is 23.3. The van der Waals surface area contributed by atoms with E-state index in [2.05, 4.69) is 61.1 Å². The van der Waals surface area contributed by atoms with E-state index in [1.54, 1.807) is 0 Å². The number of likely N-dealkylation sites (N-methyl/N-ethyl adjacent to an activating group) is 1. The van der Waals surface area contributed by atoms with Crippen molar-refractivity contribution in [3.8, 4) is 5.75 Å². The van der Waals surface area contributed by atoms with Gasteiger partial charge in [0.2, 0.25) is 0 Å². The van der Waals surface area contributed by atoms with Crippen molar-refractivity contribution < 1.29 is 9.47 Å².